The second-order valence-electron chi connectivity index (χ2n) is 8.09. The van der Waals surface area contributed by atoms with Crippen LogP contribution in [0.25, 0.3) is 21.8 Å². The first kappa shape index (κ1) is 20.6. The van der Waals surface area contributed by atoms with Gasteiger partial charge in [0.25, 0.3) is 5.91 Å². The average Bonchev–Trinajstić information content (AvgIpc) is 3.12. The van der Waals surface area contributed by atoms with Gasteiger partial charge in [0, 0.05) is 46.1 Å². The Morgan fingerprint density at radius 1 is 0.938 bits per heavy atom. The second kappa shape index (κ2) is 7.98. The largest absolute Gasteiger partial charge is 0.341 e. The predicted molar refractivity (Wildman–Crippen MR) is 130 cm³/mol. The normalized spacial score (nSPS) is 15.8. The van der Waals surface area contributed by atoms with Crippen molar-refractivity contribution in [3.8, 4) is 0 Å². The number of carbonyl (C=O) groups excluding carboxylic acids is 1. The molecule has 3 aromatic carbocycles. The topological polar surface area (TPSA) is 71.4 Å². The summed E-state index contributed by atoms with van der Waals surface area (Å²) in [5.41, 5.74) is 4.13. The fourth-order valence-corrected chi connectivity index (χ4v) is 6.17. The van der Waals surface area contributed by atoms with Gasteiger partial charge in [-0.15, -0.1) is 0 Å². The highest BCUT2D eigenvalue weighted by Crippen LogP contribution is 2.31. The molecule has 5 rings (SSSR count). The summed E-state index contributed by atoms with van der Waals surface area (Å²) in [5, 5.41) is 5.24. The molecule has 1 aliphatic rings. The summed E-state index contributed by atoms with van der Waals surface area (Å²) in [4.78, 5) is 12.8. The van der Waals surface area contributed by atoms with Crippen molar-refractivity contribution >= 4 is 49.1 Å². The Bertz CT molecular complexity index is 1420. The van der Waals surface area contributed by atoms with Crippen molar-refractivity contribution in [3.05, 3.63) is 72.3 Å². The maximum Gasteiger partial charge on any atom is 0.255 e. The molecule has 164 valence electrons. The molecule has 0 spiro atoms. The van der Waals surface area contributed by atoms with Crippen molar-refractivity contribution in [2.75, 3.05) is 21.9 Å². The van der Waals surface area contributed by atoms with Crippen LogP contribution in [0.1, 0.15) is 30.1 Å². The Hall–Kier alpha value is -3.32. The summed E-state index contributed by atoms with van der Waals surface area (Å²) in [6.45, 7) is 3.48. The number of hydrogen-bond acceptors (Lipinski definition) is 3. The lowest BCUT2D eigenvalue weighted by atomic mass is 10.1. The molecule has 1 N–H and O–H groups in total. The number of nitrogens with one attached hydrogen (secondary N) is 1. The van der Waals surface area contributed by atoms with E-state index in [0.29, 0.717) is 24.2 Å². The minimum atomic E-state index is -3.27. The van der Waals surface area contributed by atoms with Gasteiger partial charge in [-0.25, -0.2) is 8.42 Å². The second-order valence-corrected chi connectivity index (χ2v) is 10.1. The van der Waals surface area contributed by atoms with Crippen LogP contribution < -0.4 is 9.62 Å². The maximum atomic E-state index is 12.8. The lowest BCUT2D eigenvalue weighted by Gasteiger charge is -2.28. The molecule has 2 heterocycles. The third kappa shape index (κ3) is 3.52. The molecule has 0 atom stereocenters. The molecule has 1 saturated heterocycles. The van der Waals surface area contributed by atoms with E-state index in [2.05, 4.69) is 28.9 Å². The lowest BCUT2D eigenvalue weighted by molar-refractivity contribution is 0.102. The third-order valence-electron chi connectivity index (χ3n) is 6.11. The number of benzene rings is 3. The van der Waals surface area contributed by atoms with Gasteiger partial charge < -0.3 is 9.88 Å². The Balaban J connectivity index is 1.41. The van der Waals surface area contributed by atoms with E-state index >= 15 is 0 Å². The zero-order chi connectivity index (χ0) is 22.3. The fourth-order valence-electron chi connectivity index (χ4n) is 4.53. The van der Waals surface area contributed by atoms with E-state index in [9.17, 15) is 13.2 Å². The highest BCUT2D eigenvalue weighted by atomic mass is 32.2. The molecule has 0 bridgehead atoms. The molecule has 0 saturated carbocycles. The van der Waals surface area contributed by atoms with Gasteiger partial charge in [0.1, 0.15) is 0 Å². The van der Waals surface area contributed by atoms with Crippen molar-refractivity contribution in [2.24, 2.45) is 0 Å². The molecule has 4 aromatic rings. The molecule has 32 heavy (non-hydrogen) atoms. The Labute approximate surface area is 187 Å². The molecule has 0 aliphatic carbocycles. The van der Waals surface area contributed by atoms with Crippen molar-refractivity contribution in [3.63, 3.8) is 0 Å². The molecular formula is C25H25N3O3S. The summed E-state index contributed by atoms with van der Waals surface area (Å²) in [7, 11) is -3.27. The van der Waals surface area contributed by atoms with Crippen LogP contribution in [0.5, 0.6) is 0 Å². The molecule has 7 heteroatoms. The number of amides is 1. The van der Waals surface area contributed by atoms with Crippen molar-refractivity contribution in [2.45, 2.75) is 26.3 Å². The number of nitrogens with zero attached hydrogens (tertiary/aromatic N) is 2. The highest BCUT2D eigenvalue weighted by molar-refractivity contribution is 7.92. The minimum absolute atomic E-state index is 0.173. The number of rotatable bonds is 4. The first-order valence-corrected chi connectivity index (χ1v) is 12.5. The first-order valence-electron chi connectivity index (χ1n) is 10.9. The van der Waals surface area contributed by atoms with Gasteiger partial charge in [-0.2, -0.15) is 0 Å². The van der Waals surface area contributed by atoms with Gasteiger partial charge in [-0.05, 0) is 68.3 Å². The van der Waals surface area contributed by atoms with Crippen LogP contribution in [0.4, 0.5) is 11.4 Å². The van der Waals surface area contributed by atoms with Crippen molar-refractivity contribution < 1.29 is 13.2 Å². The smallest absolute Gasteiger partial charge is 0.255 e. The number of carbonyl (C=O) groups is 1. The molecule has 1 fully saturated rings. The van der Waals surface area contributed by atoms with E-state index in [1.165, 1.54) is 9.82 Å². The van der Waals surface area contributed by atoms with Crippen LogP contribution in [0.3, 0.4) is 0 Å². The summed E-state index contributed by atoms with van der Waals surface area (Å²) < 4.78 is 28.3. The molecule has 1 aromatic heterocycles. The van der Waals surface area contributed by atoms with Gasteiger partial charge in [-0.1, -0.05) is 18.2 Å². The van der Waals surface area contributed by atoms with Gasteiger partial charge >= 0.3 is 0 Å². The number of fused-ring (bicyclic) bond motifs is 3. The SMILES string of the molecule is CCn1c2ccccc2c2cc(NC(=O)c3ccc(N4CCCCS4(=O)=O)cc3)ccc21. The Kier molecular flexibility index (Phi) is 5.13. The third-order valence-corrected chi connectivity index (χ3v) is 7.98. The minimum Gasteiger partial charge on any atom is -0.341 e. The number of sulfonamides is 1. The van der Waals surface area contributed by atoms with Gasteiger partial charge in [-0.3, -0.25) is 9.10 Å². The van der Waals surface area contributed by atoms with E-state index < -0.39 is 10.0 Å². The van der Waals surface area contributed by atoms with Crippen LogP contribution in [0.15, 0.2) is 66.7 Å². The molecule has 6 nitrogen and oxygen atoms in total. The summed E-state index contributed by atoms with van der Waals surface area (Å²) >= 11 is 0. The van der Waals surface area contributed by atoms with Crippen LogP contribution >= 0.6 is 0 Å². The van der Waals surface area contributed by atoms with Crippen LogP contribution in [-0.4, -0.2) is 31.2 Å². The standard InChI is InChI=1S/C25H25N3O3S/c1-2-27-23-8-4-3-7-21(23)22-17-19(11-14-24(22)27)26-25(29)18-9-12-20(13-10-18)28-15-5-6-16-32(28,30)31/h3-4,7-14,17H,2,5-6,15-16H2,1H3,(H,26,29). The quantitative estimate of drug-likeness (QED) is 0.479. The van der Waals surface area contributed by atoms with Crippen LogP contribution in [-0.2, 0) is 16.6 Å². The van der Waals surface area contributed by atoms with Crippen molar-refractivity contribution in [1.82, 2.24) is 4.57 Å². The maximum absolute atomic E-state index is 12.8. The molecule has 0 unspecified atom stereocenters. The monoisotopic (exact) mass is 447 g/mol. The molecule has 0 radical (unpaired) electrons. The van der Waals surface area contributed by atoms with Crippen molar-refractivity contribution in [1.29, 1.82) is 0 Å². The van der Waals surface area contributed by atoms with E-state index in [0.717, 1.165) is 34.9 Å². The number of aryl methyl sites for hydroxylation is 1. The van der Waals surface area contributed by atoms with Gasteiger partial charge in [0.2, 0.25) is 10.0 Å². The van der Waals surface area contributed by atoms with Gasteiger partial charge in [0.15, 0.2) is 0 Å². The summed E-state index contributed by atoms with van der Waals surface area (Å²) in [6, 6.07) is 21.0. The Morgan fingerprint density at radius 2 is 1.69 bits per heavy atom. The highest BCUT2D eigenvalue weighted by Gasteiger charge is 2.26. The zero-order valence-corrected chi connectivity index (χ0v) is 18.7. The molecule has 1 amide bonds. The number of anilines is 2. The van der Waals surface area contributed by atoms with E-state index in [1.807, 2.05) is 30.3 Å². The zero-order valence-electron chi connectivity index (χ0n) is 17.9. The number of aromatic nitrogens is 1. The fraction of sp³-hybridized carbons (Fsp3) is 0.240. The van der Waals surface area contributed by atoms with Crippen LogP contribution in [0, 0.1) is 0 Å². The average molecular weight is 448 g/mol. The van der Waals surface area contributed by atoms with E-state index in [-0.39, 0.29) is 11.7 Å². The van der Waals surface area contributed by atoms with E-state index in [1.54, 1.807) is 24.3 Å². The number of para-hydroxylation sites is 1. The van der Waals surface area contributed by atoms with Crippen LogP contribution in [0.2, 0.25) is 0 Å². The predicted octanol–water partition coefficient (Wildman–Crippen LogP) is 5.00. The summed E-state index contributed by atoms with van der Waals surface area (Å²) in [6.07, 6.45) is 1.54. The van der Waals surface area contributed by atoms with E-state index in [4.69, 9.17) is 0 Å². The lowest BCUT2D eigenvalue weighted by Crippen LogP contribution is -2.37. The van der Waals surface area contributed by atoms with Gasteiger partial charge in [0.05, 0.1) is 11.4 Å². The Morgan fingerprint density at radius 3 is 2.44 bits per heavy atom. The first-order chi connectivity index (χ1) is 15.5. The molecule has 1 aliphatic heterocycles. The summed E-state index contributed by atoms with van der Waals surface area (Å²) in [5.74, 6) is -0.0526. The number of hydrogen-bond donors (Lipinski definition) is 1. The molecular weight excluding hydrogens is 422 g/mol.